The Balaban J connectivity index is 1.12. The van der Waals surface area contributed by atoms with Gasteiger partial charge in [-0.25, -0.2) is 19.9 Å². The molecule has 0 saturated carbocycles. The quantitative estimate of drug-likeness (QED) is 0.420. The van der Waals surface area contributed by atoms with Gasteiger partial charge in [0.15, 0.2) is 0 Å². The van der Waals surface area contributed by atoms with Gasteiger partial charge in [0.2, 0.25) is 11.9 Å². The zero-order chi connectivity index (χ0) is 24.5. The lowest BCUT2D eigenvalue weighted by molar-refractivity contribution is -0.136. The van der Waals surface area contributed by atoms with Crippen molar-refractivity contribution in [2.45, 2.75) is 19.8 Å². The van der Waals surface area contributed by atoms with Gasteiger partial charge < -0.3 is 14.7 Å². The fourth-order valence-electron chi connectivity index (χ4n) is 5.17. The first-order valence-corrected chi connectivity index (χ1v) is 13.4. The summed E-state index contributed by atoms with van der Waals surface area (Å²) in [5.41, 5.74) is 1.20. The molecule has 2 saturated heterocycles. The molecule has 5 heterocycles. The number of hydrogen-bond donors (Lipinski definition) is 0. The zero-order valence-electron chi connectivity index (χ0n) is 20.4. The highest BCUT2D eigenvalue weighted by Crippen LogP contribution is 2.37. The number of anilines is 2. The lowest BCUT2D eigenvalue weighted by atomic mass is 9.94. The molecule has 9 heteroatoms. The van der Waals surface area contributed by atoms with Gasteiger partial charge in [0.25, 0.3) is 0 Å². The number of piperidine rings is 1. The van der Waals surface area contributed by atoms with Gasteiger partial charge in [-0.15, -0.1) is 11.3 Å². The number of amides is 1. The molecule has 0 bridgehead atoms. The molecule has 1 amide bonds. The zero-order valence-corrected chi connectivity index (χ0v) is 21.2. The number of rotatable bonds is 4. The lowest BCUT2D eigenvalue weighted by Gasteiger charge is -2.38. The molecule has 184 valence electrons. The third-order valence-electron chi connectivity index (χ3n) is 7.11. The van der Waals surface area contributed by atoms with Crippen LogP contribution in [0.15, 0.2) is 54.9 Å². The van der Waals surface area contributed by atoms with E-state index in [1.807, 2.05) is 24.0 Å². The first-order valence-electron chi connectivity index (χ1n) is 12.5. The van der Waals surface area contributed by atoms with Gasteiger partial charge in [-0.1, -0.05) is 30.3 Å². The number of carbonyl (C=O) groups excluding carboxylic acids is 1. The van der Waals surface area contributed by atoms with E-state index in [-0.39, 0.29) is 11.8 Å². The van der Waals surface area contributed by atoms with Gasteiger partial charge in [0.05, 0.1) is 5.39 Å². The third-order valence-corrected chi connectivity index (χ3v) is 8.19. The van der Waals surface area contributed by atoms with E-state index in [0.717, 1.165) is 79.9 Å². The fraction of sp³-hybridized carbons (Fsp3) is 0.370. The highest BCUT2D eigenvalue weighted by Gasteiger charge is 2.32. The summed E-state index contributed by atoms with van der Waals surface area (Å²) >= 11 is 1.71. The first-order chi connectivity index (χ1) is 17.7. The molecular weight excluding hydrogens is 470 g/mol. The van der Waals surface area contributed by atoms with E-state index in [1.54, 1.807) is 23.7 Å². The summed E-state index contributed by atoms with van der Waals surface area (Å²) in [5, 5.41) is 1.11. The second-order valence-electron chi connectivity index (χ2n) is 9.41. The number of thiophene rings is 1. The Morgan fingerprint density at radius 2 is 1.61 bits per heavy atom. The Morgan fingerprint density at radius 1 is 0.889 bits per heavy atom. The molecule has 8 nitrogen and oxygen atoms in total. The van der Waals surface area contributed by atoms with Crippen molar-refractivity contribution < 1.29 is 4.79 Å². The summed E-state index contributed by atoms with van der Waals surface area (Å²) in [6.45, 7) is 6.61. The van der Waals surface area contributed by atoms with E-state index in [0.29, 0.717) is 0 Å². The smallest absolute Gasteiger partial charge is 0.225 e. The minimum atomic E-state index is 0.0709. The van der Waals surface area contributed by atoms with E-state index >= 15 is 0 Å². The number of benzene rings is 1. The minimum Gasteiger partial charge on any atom is -0.356 e. The van der Waals surface area contributed by atoms with Crippen molar-refractivity contribution in [2.75, 3.05) is 49.1 Å². The summed E-state index contributed by atoms with van der Waals surface area (Å²) < 4.78 is 0. The van der Waals surface area contributed by atoms with Crippen LogP contribution in [-0.4, -0.2) is 70.0 Å². The number of fused-ring (bicyclic) bond motifs is 1. The van der Waals surface area contributed by atoms with Crippen LogP contribution < -0.4 is 9.80 Å². The molecule has 0 unspecified atom stereocenters. The normalized spacial score (nSPS) is 17.1. The summed E-state index contributed by atoms with van der Waals surface area (Å²) in [5.74, 6) is 2.89. The Bertz CT molecular complexity index is 1340. The average Bonchev–Trinajstić information content (AvgIpc) is 3.37. The van der Waals surface area contributed by atoms with Crippen molar-refractivity contribution in [3.8, 4) is 10.4 Å². The van der Waals surface area contributed by atoms with Crippen LogP contribution in [-0.2, 0) is 4.79 Å². The minimum absolute atomic E-state index is 0.0709. The van der Waals surface area contributed by atoms with Crippen molar-refractivity contribution in [1.82, 2.24) is 24.8 Å². The molecule has 2 fully saturated rings. The van der Waals surface area contributed by atoms with E-state index in [2.05, 4.69) is 50.1 Å². The molecule has 0 atom stereocenters. The average molecular weight is 500 g/mol. The molecular formula is C27H29N7OS. The molecule has 2 aliphatic rings. The maximum absolute atomic E-state index is 13.3. The Morgan fingerprint density at radius 3 is 2.33 bits per heavy atom. The van der Waals surface area contributed by atoms with Crippen LogP contribution in [0.1, 0.15) is 18.7 Å². The molecule has 4 aromatic rings. The predicted molar refractivity (Wildman–Crippen MR) is 143 cm³/mol. The molecule has 3 aromatic heterocycles. The van der Waals surface area contributed by atoms with Crippen LogP contribution in [0.5, 0.6) is 0 Å². The SMILES string of the molecule is Cc1nc(N2CCC(C(=O)N3CCN(c4ncccn4)CC3)CC2)c2cc(-c3ccccc3)sc2n1. The number of piperazine rings is 1. The van der Waals surface area contributed by atoms with Gasteiger partial charge in [-0.3, -0.25) is 4.79 Å². The van der Waals surface area contributed by atoms with Crippen LogP contribution in [0.25, 0.3) is 20.7 Å². The molecule has 1 aromatic carbocycles. The molecule has 0 spiro atoms. The summed E-state index contributed by atoms with van der Waals surface area (Å²) in [6.07, 6.45) is 5.22. The number of hydrogen-bond acceptors (Lipinski definition) is 8. The summed E-state index contributed by atoms with van der Waals surface area (Å²) in [6, 6.07) is 14.5. The highest BCUT2D eigenvalue weighted by atomic mass is 32.1. The summed E-state index contributed by atoms with van der Waals surface area (Å²) in [7, 11) is 0. The van der Waals surface area contributed by atoms with Gasteiger partial charge in [0.1, 0.15) is 16.5 Å². The van der Waals surface area contributed by atoms with Gasteiger partial charge in [-0.05, 0) is 37.5 Å². The van der Waals surface area contributed by atoms with Crippen molar-refractivity contribution in [1.29, 1.82) is 0 Å². The second kappa shape index (κ2) is 9.81. The van der Waals surface area contributed by atoms with E-state index in [9.17, 15) is 4.79 Å². The first kappa shape index (κ1) is 22.8. The predicted octanol–water partition coefficient (Wildman–Crippen LogP) is 4.02. The van der Waals surface area contributed by atoms with Crippen LogP contribution in [0.4, 0.5) is 11.8 Å². The Kier molecular flexibility index (Phi) is 6.23. The van der Waals surface area contributed by atoms with Crippen molar-refractivity contribution in [3.05, 3.63) is 60.7 Å². The standard InChI is InChI=1S/C27H29N7OS/c1-19-30-24(22-18-23(36-25(22)31-19)20-6-3-2-4-7-20)32-12-8-21(9-13-32)26(35)33-14-16-34(17-15-33)27-28-10-5-11-29-27/h2-7,10-11,18,21H,8-9,12-17H2,1H3. The van der Waals surface area contributed by atoms with Crippen molar-refractivity contribution >= 4 is 39.2 Å². The van der Waals surface area contributed by atoms with Crippen molar-refractivity contribution in [2.24, 2.45) is 5.92 Å². The number of aromatic nitrogens is 4. The Hall–Kier alpha value is -3.59. The number of carbonyl (C=O) groups is 1. The van der Waals surface area contributed by atoms with E-state index < -0.39 is 0 Å². The fourth-order valence-corrected chi connectivity index (χ4v) is 6.25. The number of nitrogens with zero attached hydrogens (tertiary/aromatic N) is 7. The largest absolute Gasteiger partial charge is 0.356 e. The molecule has 0 radical (unpaired) electrons. The highest BCUT2D eigenvalue weighted by molar-refractivity contribution is 7.21. The Labute approximate surface area is 214 Å². The molecule has 0 N–H and O–H groups in total. The second-order valence-corrected chi connectivity index (χ2v) is 10.4. The summed E-state index contributed by atoms with van der Waals surface area (Å²) in [4.78, 5) is 40.3. The maximum Gasteiger partial charge on any atom is 0.225 e. The molecule has 0 aliphatic carbocycles. The number of aryl methyl sites for hydroxylation is 1. The molecule has 2 aliphatic heterocycles. The topological polar surface area (TPSA) is 78.4 Å². The van der Waals surface area contributed by atoms with Crippen molar-refractivity contribution in [3.63, 3.8) is 0 Å². The van der Waals surface area contributed by atoms with Crippen LogP contribution in [0.2, 0.25) is 0 Å². The van der Waals surface area contributed by atoms with Crippen LogP contribution in [0.3, 0.4) is 0 Å². The third kappa shape index (κ3) is 4.51. The lowest BCUT2D eigenvalue weighted by Crippen LogP contribution is -2.52. The van der Waals surface area contributed by atoms with Crippen LogP contribution in [0, 0.1) is 12.8 Å². The molecule has 36 heavy (non-hydrogen) atoms. The van der Waals surface area contributed by atoms with Gasteiger partial charge in [0, 0.05) is 62.5 Å². The maximum atomic E-state index is 13.3. The van der Waals surface area contributed by atoms with Crippen LogP contribution >= 0.6 is 11.3 Å². The van der Waals surface area contributed by atoms with Gasteiger partial charge in [-0.2, -0.15) is 0 Å². The monoisotopic (exact) mass is 499 g/mol. The van der Waals surface area contributed by atoms with Gasteiger partial charge >= 0.3 is 0 Å². The van der Waals surface area contributed by atoms with E-state index in [1.165, 1.54) is 10.4 Å². The van der Waals surface area contributed by atoms with E-state index in [4.69, 9.17) is 9.97 Å². The molecule has 6 rings (SSSR count).